The van der Waals surface area contributed by atoms with E-state index in [0.29, 0.717) is 5.92 Å². The van der Waals surface area contributed by atoms with Crippen molar-refractivity contribution in [2.45, 2.75) is 20.8 Å². The van der Waals surface area contributed by atoms with E-state index in [-0.39, 0.29) is 24.0 Å². The van der Waals surface area contributed by atoms with Crippen molar-refractivity contribution in [3.8, 4) is 5.75 Å². The Morgan fingerprint density at radius 1 is 1.00 bits per heavy atom. The van der Waals surface area contributed by atoms with Crippen LogP contribution < -0.4 is 15.0 Å². The Morgan fingerprint density at radius 3 is 2.28 bits per heavy atom. The van der Waals surface area contributed by atoms with Crippen LogP contribution in [0.25, 0.3) is 0 Å². The summed E-state index contributed by atoms with van der Waals surface area (Å²) in [5.74, 6) is 2.58. The third-order valence-electron chi connectivity index (χ3n) is 6.37. The Labute approximate surface area is 212 Å². The van der Waals surface area contributed by atoms with Crippen LogP contribution in [0, 0.1) is 5.92 Å². The van der Waals surface area contributed by atoms with Crippen molar-refractivity contribution >= 4 is 35.6 Å². The summed E-state index contributed by atoms with van der Waals surface area (Å²) in [6.07, 6.45) is 0. The Morgan fingerprint density at radius 2 is 1.66 bits per heavy atom. The molecular formula is C24H43IN6O. The molecule has 1 aromatic rings. The normalized spacial score (nSPS) is 19.4. The topological polar surface area (TPSA) is 46.6 Å². The van der Waals surface area contributed by atoms with Crippen LogP contribution >= 0.6 is 24.0 Å². The third kappa shape index (κ3) is 7.66. The number of nitrogens with one attached hydrogen (secondary N) is 1. The van der Waals surface area contributed by atoms with Crippen LogP contribution in [0.3, 0.4) is 0 Å². The molecule has 1 unspecified atom stereocenters. The van der Waals surface area contributed by atoms with E-state index in [1.165, 1.54) is 38.4 Å². The highest BCUT2D eigenvalue weighted by atomic mass is 127. The summed E-state index contributed by atoms with van der Waals surface area (Å²) in [6, 6.07) is 8.30. The number of para-hydroxylation sites is 2. The average Bonchev–Trinajstić information content (AvgIpc) is 2.82. The van der Waals surface area contributed by atoms with Crippen LogP contribution in [-0.4, -0.2) is 106 Å². The van der Waals surface area contributed by atoms with E-state index in [1.807, 2.05) is 12.1 Å². The molecule has 8 heteroatoms. The van der Waals surface area contributed by atoms with Gasteiger partial charge in [-0.05, 0) is 31.5 Å². The Balaban J connectivity index is 0.00000363. The van der Waals surface area contributed by atoms with E-state index >= 15 is 0 Å². The first-order valence-electron chi connectivity index (χ1n) is 12.0. The maximum atomic E-state index is 5.55. The number of guanidine groups is 1. The summed E-state index contributed by atoms with van der Waals surface area (Å²) in [4.78, 5) is 15.0. The van der Waals surface area contributed by atoms with Crippen molar-refractivity contribution in [1.29, 1.82) is 0 Å². The van der Waals surface area contributed by atoms with Gasteiger partial charge in [0.15, 0.2) is 5.96 Å². The molecule has 2 aliphatic rings. The molecule has 0 saturated carbocycles. The molecule has 1 aromatic carbocycles. The zero-order chi connectivity index (χ0) is 22.1. The lowest BCUT2D eigenvalue weighted by Gasteiger charge is -2.38. The molecule has 182 valence electrons. The lowest BCUT2D eigenvalue weighted by Crippen LogP contribution is -2.52. The second kappa shape index (κ2) is 14.1. The number of rotatable bonds is 8. The smallest absolute Gasteiger partial charge is 0.194 e. The summed E-state index contributed by atoms with van der Waals surface area (Å²) in [7, 11) is 1.75. The minimum Gasteiger partial charge on any atom is -0.495 e. The molecule has 1 N–H and O–H groups in total. The maximum absolute atomic E-state index is 5.55. The van der Waals surface area contributed by atoms with E-state index in [1.54, 1.807) is 7.11 Å². The van der Waals surface area contributed by atoms with Gasteiger partial charge in [0.1, 0.15) is 5.75 Å². The molecule has 32 heavy (non-hydrogen) atoms. The molecule has 7 nitrogen and oxygen atoms in total. The number of aliphatic imine (C=N–C) groups is 1. The zero-order valence-corrected chi connectivity index (χ0v) is 22.8. The summed E-state index contributed by atoms with van der Waals surface area (Å²) in [5, 5.41) is 3.51. The van der Waals surface area contributed by atoms with Gasteiger partial charge >= 0.3 is 0 Å². The predicted octanol–water partition coefficient (Wildman–Crippen LogP) is 2.67. The van der Waals surface area contributed by atoms with Gasteiger partial charge in [-0.1, -0.05) is 26.0 Å². The van der Waals surface area contributed by atoms with Gasteiger partial charge < -0.3 is 29.7 Å². The Kier molecular flexibility index (Phi) is 11.9. The molecule has 0 bridgehead atoms. The van der Waals surface area contributed by atoms with Gasteiger partial charge in [-0.3, -0.25) is 4.99 Å². The quantitative estimate of drug-likeness (QED) is 0.301. The molecule has 0 amide bonds. The fourth-order valence-electron chi connectivity index (χ4n) is 4.50. The molecule has 0 radical (unpaired) electrons. The number of hydrogen-bond donors (Lipinski definition) is 1. The van der Waals surface area contributed by atoms with Gasteiger partial charge in [-0.2, -0.15) is 0 Å². The lowest BCUT2D eigenvalue weighted by molar-refractivity contribution is 0.125. The number of ether oxygens (including phenoxy) is 1. The molecule has 0 aliphatic carbocycles. The maximum Gasteiger partial charge on any atom is 0.194 e. The highest BCUT2D eigenvalue weighted by Gasteiger charge is 2.22. The van der Waals surface area contributed by atoms with E-state index in [0.717, 1.165) is 57.5 Å². The number of hydrogen-bond acceptors (Lipinski definition) is 5. The SMILES string of the molecule is CCNC(=NCC(C)CN1CCN(CC)CC1)N1CCN(c2ccccc2OC)CC1.I. The van der Waals surface area contributed by atoms with Crippen LogP contribution in [0.4, 0.5) is 5.69 Å². The van der Waals surface area contributed by atoms with Crippen LogP contribution in [-0.2, 0) is 0 Å². The number of likely N-dealkylation sites (N-methyl/N-ethyl adjacent to an activating group) is 1. The van der Waals surface area contributed by atoms with E-state index < -0.39 is 0 Å². The van der Waals surface area contributed by atoms with Crippen LogP contribution in [0.5, 0.6) is 5.75 Å². The van der Waals surface area contributed by atoms with Crippen molar-refractivity contribution < 1.29 is 4.74 Å². The first-order valence-corrected chi connectivity index (χ1v) is 12.0. The predicted molar refractivity (Wildman–Crippen MR) is 146 cm³/mol. The van der Waals surface area contributed by atoms with Gasteiger partial charge in [0, 0.05) is 72.0 Å². The van der Waals surface area contributed by atoms with Gasteiger partial charge in [0.05, 0.1) is 12.8 Å². The molecule has 2 saturated heterocycles. The van der Waals surface area contributed by atoms with Crippen molar-refractivity contribution in [3.63, 3.8) is 0 Å². The highest BCUT2D eigenvalue weighted by Crippen LogP contribution is 2.28. The second-order valence-corrected chi connectivity index (χ2v) is 8.68. The fraction of sp³-hybridized carbons (Fsp3) is 0.708. The average molecular weight is 559 g/mol. The van der Waals surface area contributed by atoms with Gasteiger partial charge in [0.25, 0.3) is 0 Å². The van der Waals surface area contributed by atoms with Gasteiger partial charge in [0.2, 0.25) is 0 Å². The van der Waals surface area contributed by atoms with Gasteiger partial charge in [-0.25, -0.2) is 0 Å². The lowest BCUT2D eigenvalue weighted by atomic mass is 10.1. The van der Waals surface area contributed by atoms with Crippen molar-refractivity contribution in [2.75, 3.05) is 90.5 Å². The second-order valence-electron chi connectivity index (χ2n) is 8.68. The first kappa shape index (κ1) is 27.0. The largest absolute Gasteiger partial charge is 0.495 e. The first-order chi connectivity index (χ1) is 15.1. The summed E-state index contributed by atoms with van der Waals surface area (Å²) in [6.45, 7) is 19.5. The molecule has 2 heterocycles. The Bertz CT molecular complexity index is 687. The highest BCUT2D eigenvalue weighted by molar-refractivity contribution is 14.0. The molecule has 0 spiro atoms. The number of nitrogens with zero attached hydrogens (tertiary/aromatic N) is 5. The third-order valence-corrected chi connectivity index (χ3v) is 6.37. The van der Waals surface area contributed by atoms with Crippen LogP contribution in [0.2, 0.25) is 0 Å². The number of piperazine rings is 2. The van der Waals surface area contributed by atoms with Gasteiger partial charge in [-0.15, -0.1) is 24.0 Å². The van der Waals surface area contributed by atoms with Crippen molar-refractivity contribution in [2.24, 2.45) is 10.9 Å². The Hall–Kier alpha value is -1.26. The minimum absolute atomic E-state index is 0. The summed E-state index contributed by atoms with van der Waals surface area (Å²) in [5.41, 5.74) is 1.18. The van der Waals surface area contributed by atoms with E-state index in [2.05, 4.69) is 57.8 Å². The molecule has 0 aromatic heterocycles. The number of anilines is 1. The summed E-state index contributed by atoms with van der Waals surface area (Å²) < 4.78 is 5.55. The van der Waals surface area contributed by atoms with E-state index in [4.69, 9.17) is 9.73 Å². The molecule has 2 aliphatic heterocycles. The number of halogens is 1. The molecule has 1 atom stereocenters. The molecule has 2 fully saturated rings. The molecule has 3 rings (SSSR count). The number of methoxy groups -OCH3 is 1. The summed E-state index contributed by atoms with van der Waals surface area (Å²) >= 11 is 0. The fourth-order valence-corrected chi connectivity index (χ4v) is 4.50. The van der Waals surface area contributed by atoms with Crippen molar-refractivity contribution in [1.82, 2.24) is 20.0 Å². The number of benzene rings is 1. The minimum atomic E-state index is 0. The van der Waals surface area contributed by atoms with Crippen LogP contribution in [0.1, 0.15) is 20.8 Å². The monoisotopic (exact) mass is 558 g/mol. The van der Waals surface area contributed by atoms with E-state index in [9.17, 15) is 0 Å². The standard InChI is InChI=1S/C24H42N6O.HI/c1-5-25-24(26-19-21(3)20-28-13-11-27(6-2)12-14-28)30-17-15-29(16-18-30)22-9-7-8-10-23(22)31-4;/h7-10,21H,5-6,11-20H2,1-4H3,(H,25,26);1H. The van der Waals surface area contributed by atoms with Crippen molar-refractivity contribution in [3.05, 3.63) is 24.3 Å². The zero-order valence-electron chi connectivity index (χ0n) is 20.4. The van der Waals surface area contributed by atoms with Crippen LogP contribution in [0.15, 0.2) is 29.3 Å². The molecular weight excluding hydrogens is 515 g/mol.